The molecule has 0 saturated carbocycles. The van der Waals surface area contributed by atoms with E-state index in [4.69, 9.17) is 14.2 Å². The molecule has 0 aliphatic rings. The summed E-state index contributed by atoms with van der Waals surface area (Å²) in [4.78, 5) is 16.8. The number of carbonyl (C=O) groups is 1. The van der Waals surface area contributed by atoms with Crippen LogP contribution in [0.2, 0.25) is 0 Å². The molecule has 2 aromatic carbocycles. The number of thiazole rings is 1. The number of anilines is 1. The summed E-state index contributed by atoms with van der Waals surface area (Å²) < 4.78 is 17.0. The van der Waals surface area contributed by atoms with E-state index >= 15 is 0 Å². The molecular formula is C20H22N4O4S. The largest absolute Gasteiger partial charge is 0.493 e. The zero-order valence-electron chi connectivity index (χ0n) is 16.6. The van der Waals surface area contributed by atoms with Crippen LogP contribution in [0.15, 0.2) is 41.5 Å². The van der Waals surface area contributed by atoms with Crippen molar-refractivity contribution < 1.29 is 19.0 Å². The number of hydrogen-bond acceptors (Lipinski definition) is 8. The van der Waals surface area contributed by atoms with Gasteiger partial charge in [-0.2, -0.15) is 5.10 Å². The van der Waals surface area contributed by atoms with Crippen molar-refractivity contribution in [3.63, 3.8) is 0 Å². The van der Waals surface area contributed by atoms with Gasteiger partial charge in [0.05, 0.1) is 37.8 Å². The highest BCUT2D eigenvalue weighted by Gasteiger charge is 2.15. The lowest BCUT2D eigenvalue weighted by atomic mass is 10.2. The van der Waals surface area contributed by atoms with E-state index in [-0.39, 0.29) is 5.91 Å². The molecule has 1 heterocycles. The van der Waals surface area contributed by atoms with Crippen LogP contribution < -0.4 is 25.0 Å². The second kappa shape index (κ2) is 9.24. The molecule has 0 bridgehead atoms. The van der Waals surface area contributed by atoms with E-state index in [2.05, 4.69) is 20.8 Å². The van der Waals surface area contributed by atoms with Crippen LogP contribution in [0.3, 0.4) is 0 Å². The standard InChI is InChI=1S/C20H22N4O4S/c1-12(22-20-23-14-7-5-6-8-17(14)29-20)19(25)24-21-11-13-9-15(26-2)18(28-4)16(10-13)27-3/h5-12H,1-4H3,(H,22,23)(H,24,25)/b21-11-/t12-/m1/s1. The molecule has 3 rings (SSSR count). The Kier molecular flexibility index (Phi) is 6.50. The van der Waals surface area contributed by atoms with Gasteiger partial charge in [-0.15, -0.1) is 0 Å². The maximum absolute atomic E-state index is 12.3. The van der Waals surface area contributed by atoms with Crippen LogP contribution in [-0.4, -0.2) is 44.5 Å². The van der Waals surface area contributed by atoms with E-state index in [0.29, 0.717) is 27.9 Å². The molecule has 0 radical (unpaired) electrons. The summed E-state index contributed by atoms with van der Waals surface area (Å²) in [6.07, 6.45) is 1.51. The lowest BCUT2D eigenvalue weighted by molar-refractivity contribution is -0.121. The third-order valence-corrected chi connectivity index (χ3v) is 5.07. The summed E-state index contributed by atoms with van der Waals surface area (Å²) in [5, 5.41) is 7.80. The van der Waals surface area contributed by atoms with Gasteiger partial charge in [0.15, 0.2) is 16.6 Å². The molecule has 3 aromatic rings. The Morgan fingerprint density at radius 2 is 1.83 bits per heavy atom. The Balaban J connectivity index is 1.64. The van der Waals surface area contributed by atoms with Crippen molar-refractivity contribution in [1.29, 1.82) is 0 Å². The summed E-state index contributed by atoms with van der Waals surface area (Å²) >= 11 is 1.50. The van der Waals surface area contributed by atoms with Crippen LogP contribution in [0.1, 0.15) is 12.5 Å². The molecule has 0 unspecified atom stereocenters. The molecule has 9 heteroatoms. The number of hydrazone groups is 1. The second-order valence-electron chi connectivity index (χ2n) is 6.05. The number of carbonyl (C=O) groups excluding carboxylic acids is 1. The number of amides is 1. The summed E-state index contributed by atoms with van der Waals surface area (Å²) in [5.41, 5.74) is 4.10. The highest BCUT2D eigenvalue weighted by molar-refractivity contribution is 7.22. The van der Waals surface area contributed by atoms with Gasteiger partial charge in [-0.3, -0.25) is 4.79 Å². The van der Waals surface area contributed by atoms with E-state index in [1.165, 1.54) is 38.9 Å². The first-order valence-corrected chi connectivity index (χ1v) is 9.62. The van der Waals surface area contributed by atoms with E-state index < -0.39 is 6.04 Å². The van der Waals surface area contributed by atoms with Gasteiger partial charge in [-0.1, -0.05) is 23.5 Å². The van der Waals surface area contributed by atoms with Crippen LogP contribution in [-0.2, 0) is 4.79 Å². The molecule has 1 aromatic heterocycles. The first-order chi connectivity index (χ1) is 14.0. The Morgan fingerprint density at radius 3 is 2.45 bits per heavy atom. The lowest BCUT2D eigenvalue weighted by Crippen LogP contribution is -2.34. The molecular weight excluding hydrogens is 392 g/mol. The van der Waals surface area contributed by atoms with Crippen molar-refractivity contribution in [1.82, 2.24) is 10.4 Å². The van der Waals surface area contributed by atoms with Crippen LogP contribution in [0.4, 0.5) is 5.13 Å². The minimum atomic E-state index is -0.507. The van der Waals surface area contributed by atoms with Gasteiger partial charge in [-0.05, 0) is 31.2 Å². The third-order valence-electron chi connectivity index (χ3n) is 4.10. The van der Waals surface area contributed by atoms with E-state index in [9.17, 15) is 4.79 Å². The maximum atomic E-state index is 12.3. The Morgan fingerprint density at radius 1 is 1.14 bits per heavy atom. The number of rotatable bonds is 8. The Labute approximate surface area is 172 Å². The minimum absolute atomic E-state index is 0.284. The van der Waals surface area contributed by atoms with Gasteiger partial charge >= 0.3 is 0 Å². The van der Waals surface area contributed by atoms with Crippen LogP contribution >= 0.6 is 11.3 Å². The second-order valence-corrected chi connectivity index (χ2v) is 7.08. The van der Waals surface area contributed by atoms with Gasteiger partial charge in [0.25, 0.3) is 5.91 Å². The topological polar surface area (TPSA) is 94.1 Å². The number of nitrogens with one attached hydrogen (secondary N) is 2. The van der Waals surface area contributed by atoms with Crippen LogP contribution in [0.5, 0.6) is 17.2 Å². The molecule has 0 fully saturated rings. The molecule has 8 nitrogen and oxygen atoms in total. The number of ether oxygens (including phenoxy) is 3. The van der Waals surface area contributed by atoms with Crippen molar-refractivity contribution in [2.24, 2.45) is 5.10 Å². The van der Waals surface area contributed by atoms with Crippen molar-refractivity contribution in [3.8, 4) is 17.2 Å². The molecule has 0 aliphatic carbocycles. The summed E-state index contributed by atoms with van der Waals surface area (Å²) in [7, 11) is 4.61. The molecule has 1 atom stereocenters. The third kappa shape index (κ3) is 4.75. The van der Waals surface area contributed by atoms with Gasteiger partial charge in [0, 0.05) is 5.56 Å². The molecule has 1 amide bonds. The van der Waals surface area contributed by atoms with Gasteiger partial charge in [0.2, 0.25) is 5.75 Å². The van der Waals surface area contributed by atoms with Gasteiger partial charge < -0.3 is 19.5 Å². The van der Waals surface area contributed by atoms with Gasteiger partial charge in [0.1, 0.15) is 6.04 Å². The lowest BCUT2D eigenvalue weighted by Gasteiger charge is -2.13. The number of hydrogen-bond donors (Lipinski definition) is 2. The maximum Gasteiger partial charge on any atom is 0.262 e. The SMILES string of the molecule is COc1cc(/C=N\NC(=O)[C@@H](C)Nc2nc3ccccc3s2)cc(OC)c1OC. The van der Waals surface area contributed by atoms with E-state index in [0.717, 1.165) is 10.2 Å². The molecule has 0 saturated heterocycles. The fourth-order valence-electron chi connectivity index (χ4n) is 2.63. The molecule has 0 spiro atoms. The Hall–Kier alpha value is -3.33. The van der Waals surface area contributed by atoms with Crippen molar-refractivity contribution in [3.05, 3.63) is 42.0 Å². The van der Waals surface area contributed by atoms with Crippen molar-refractivity contribution in [2.75, 3.05) is 26.6 Å². The number of benzene rings is 2. The normalized spacial score (nSPS) is 12.0. The van der Waals surface area contributed by atoms with E-state index in [1.807, 2.05) is 24.3 Å². The van der Waals surface area contributed by atoms with Crippen LogP contribution in [0, 0.1) is 0 Å². The number of para-hydroxylation sites is 1. The molecule has 2 N–H and O–H groups in total. The summed E-state index contributed by atoms with van der Waals surface area (Å²) in [5.74, 6) is 1.22. The fraction of sp³-hybridized carbons (Fsp3) is 0.250. The molecule has 152 valence electrons. The smallest absolute Gasteiger partial charge is 0.262 e. The van der Waals surface area contributed by atoms with Crippen molar-refractivity contribution in [2.45, 2.75) is 13.0 Å². The zero-order chi connectivity index (χ0) is 20.8. The minimum Gasteiger partial charge on any atom is -0.493 e. The predicted octanol–water partition coefficient (Wildman–Crippen LogP) is 3.27. The number of nitrogens with zero attached hydrogens (tertiary/aromatic N) is 2. The van der Waals surface area contributed by atoms with Gasteiger partial charge in [-0.25, -0.2) is 10.4 Å². The number of fused-ring (bicyclic) bond motifs is 1. The zero-order valence-corrected chi connectivity index (χ0v) is 17.4. The van der Waals surface area contributed by atoms with E-state index in [1.54, 1.807) is 19.1 Å². The average molecular weight is 414 g/mol. The highest BCUT2D eigenvalue weighted by atomic mass is 32.1. The quantitative estimate of drug-likeness (QED) is 0.434. The average Bonchev–Trinajstić information content (AvgIpc) is 3.14. The monoisotopic (exact) mass is 414 g/mol. The number of methoxy groups -OCH3 is 3. The molecule has 0 aliphatic heterocycles. The summed E-state index contributed by atoms with van der Waals surface area (Å²) in [6.45, 7) is 1.75. The van der Waals surface area contributed by atoms with Crippen molar-refractivity contribution >= 4 is 38.8 Å². The number of aromatic nitrogens is 1. The first-order valence-electron chi connectivity index (χ1n) is 8.80. The fourth-order valence-corrected chi connectivity index (χ4v) is 3.58. The first kappa shape index (κ1) is 20.4. The predicted molar refractivity (Wildman–Crippen MR) is 115 cm³/mol. The molecule has 29 heavy (non-hydrogen) atoms. The highest BCUT2D eigenvalue weighted by Crippen LogP contribution is 2.37. The Bertz CT molecular complexity index is 976. The van der Waals surface area contributed by atoms with Crippen LogP contribution in [0.25, 0.3) is 10.2 Å². The summed E-state index contributed by atoms with van der Waals surface area (Å²) in [6, 6.07) is 10.8.